The fourth-order valence-electron chi connectivity index (χ4n) is 2.04. The summed E-state index contributed by atoms with van der Waals surface area (Å²) in [5, 5.41) is 0. The smallest absolute Gasteiger partial charge is 0.254 e. The highest BCUT2D eigenvalue weighted by molar-refractivity contribution is 5.94. The molecule has 0 bridgehead atoms. The van der Waals surface area contributed by atoms with Crippen LogP contribution in [0.5, 0.6) is 0 Å². The van der Waals surface area contributed by atoms with Gasteiger partial charge in [-0.15, -0.1) is 0 Å². The molecular formula is C13H15F3N2O2. The normalized spacial score (nSPS) is 20.9. The van der Waals surface area contributed by atoms with Gasteiger partial charge in [-0.05, 0) is 19.1 Å². The Kier molecular flexibility index (Phi) is 4.29. The van der Waals surface area contributed by atoms with E-state index in [4.69, 9.17) is 10.5 Å². The van der Waals surface area contributed by atoms with E-state index < -0.39 is 23.4 Å². The van der Waals surface area contributed by atoms with Crippen molar-refractivity contribution in [3.8, 4) is 0 Å². The van der Waals surface area contributed by atoms with Gasteiger partial charge in [-0.2, -0.15) is 0 Å². The summed E-state index contributed by atoms with van der Waals surface area (Å²) in [6, 6.07) is 1.11. The highest BCUT2D eigenvalue weighted by Crippen LogP contribution is 2.17. The van der Waals surface area contributed by atoms with E-state index in [1.165, 1.54) is 4.90 Å². The minimum Gasteiger partial charge on any atom is -0.373 e. The molecule has 0 saturated carbocycles. The van der Waals surface area contributed by atoms with Crippen LogP contribution in [-0.4, -0.2) is 42.6 Å². The number of amides is 1. The third-order valence-corrected chi connectivity index (χ3v) is 3.20. The van der Waals surface area contributed by atoms with Crippen LogP contribution in [0, 0.1) is 17.5 Å². The van der Waals surface area contributed by atoms with Gasteiger partial charge in [0.1, 0.15) is 0 Å². The average molecular weight is 288 g/mol. The van der Waals surface area contributed by atoms with Crippen LogP contribution in [0.25, 0.3) is 0 Å². The lowest BCUT2D eigenvalue weighted by atomic mass is 10.1. The van der Waals surface area contributed by atoms with E-state index in [0.717, 1.165) is 0 Å². The van der Waals surface area contributed by atoms with Crippen molar-refractivity contribution >= 4 is 5.91 Å². The van der Waals surface area contributed by atoms with Gasteiger partial charge in [-0.1, -0.05) is 0 Å². The first kappa shape index (κ1) is 14.8. The summed E-state index contributed by atoms with van der Waals surface area (Å²) in [5.41, 5.74) is 5.47. The van der Waals surface area contributed by atoms with Gasteiger partial charge in [0.15, 0.2) is 17.5 Å². The third kappa shape index (κ3) is 2.94. The van der Waals surface area contributed by atoms with E-state index in [1.54, 1.807) is 6.92 Å². The van der Waals surface area contributed by atoms with Crippen molar-refractivity contribution < 1.29 is 22.7 Å². The summed E-state index contributed by atoms with van der Waals surface area (Å²) in [4.78, 5) is 13.5. The molecule has 1 aliphatic heterocycles. The van der Waals surface area contributed by atoms with E-state index >= 15 is 0 Å². The predicted molar refractivity (Wildman–Crippen MR) is 65.6 cm³/mol. The number of carbonyl (C=O) groups is 1. The van der Waals surface area contributed by atoms with Gasteiger partial charge in [0.2, 0.25) is 0 Å². The van der Waals surface area contributed by atoms with Crippen LogP contribution >= 0.6 is 0 Å². The van der Waals surface area contributed by atoms with Crippen molar-refractivity contribution in [3.05, 3.63) is 35.1 Å². The summed E-state index contributed by atoms with van der Waals surface area (Å²) in [7, 11) is 0. The van der Waals surface area contributed by atoms with Crippen molar-refractivity contribution in [1.82, 2.24) is 4.90 Å². The molecule has 0 aliphatic carbocycles. The fourth-order valence-corrected chi connectivity index (χ4v) is 2.04. The Hall–Kier alpha value is -1.60. The monoisotopic (exact) mass is 288 g/mol. The lowest BCUT2D eigenvalue weighted by Gasteiger charge is -2.34. The molecule has 1 heterocycles. The van der Waals surface area contributed by atoms with Gasteiger partial charge in [0, 0.05) is 24.7 Å². The SMILES string of the molecule is CC(N)C1CN(C(=O)c2cc(F)c(F)c(F)c2)CCO1. The zero-order valence-corrected chi connectivity index (χ0v) is 10.9. The van der Waals surface area contributed by atoms with Gasteiger partial charge in [-0.3, -0.25) is 4.79 Å². The molecule has 0 spiro atoms. The summed E-state index contributed by atoms with van der Waals surface area (Å²) < 4.78 is 44.6. The van der Waals surface area contributed by atoms with Crippen LogP contribution in [0.15, 0.2) is 12.1 Å². The van der Waals surface area contributed by atoms with E-state index in [9.17, 15) is 18.0 Å². The van der Waals surface area contributed by atoms with Crippen molar-refractivity contribution in [1.29, 1.82) is 0 Å². The van der Waals surface area contributed by atoms with Crippen LogP contribution in [0.2, 0.25) is 0 Å². The molecule has 1 amide bonds. The molecule has 1 fully saturated rings. The Morgan fingerprint density at radius 3 is 2.55 bits per heavy atom. The minimum atomic E-state index is -1.59. The number of hydrogen-bond donors (Lipinski definition) is 1. The first-order valence-electron chi connectivity index (χ1n) is 6.21. The number of nitrogens with zero attached hydrogens (tertiary/aromatic N) is 1. The molecule has 2 N–H and O–H groups in total. The van der Waals surface area contributed by atoms with Gasteiger partial charge in [0.25, 0.3) is 5.91 Å². The van der Waals surface area contributed by atoms with Crippen LogP contribution in [0.1, 0.15) is 17.3 Å². The molecular weight excluding hydrogens is 273 g/mol. The number of hydrogen-bond acceptors (Lipinski definition) is 3. The first-order valence-corrected chi connectivity index (χ1v) is 6.21. The summed E-state index contributed by atoms with van der Waals surface area (Å²) in [6.07, 6.45) is -0.331. The summed E-state index contributed by atoms with van der Waals surface area (Å²) >= 11 is 0. The second-order valence-electron chi connectivity index (χ2n) is 4.77. The number of rotatable bonds is 2. The molecule has 110 valence electrons. The molecule has 20 heavy (non-hydrogen) atoms. The Morgan fingerprint density at radius 1 is 1.40 bits per heavy atom. The molecule has 0 aromatic heterocycles. The summed E-state index contributed by atoms with van der Waals surface area (Å²) in [5.74, 6) is -4.93. The Labute approximate surface area is 114 Å². The highest BCUT2D eigenvalue weighted by Gasteiger charge is 2.28. The number of morpholine rings is 1. The molecule has 1 aromatic carbocycles. The molecule has 1 saturated heterocycles. The quantitative estimate of drug-likeness (QED) is 0.834. The lowest BCUT2D eigenvalue weighted by Crippen LogP contribution is -2.51. The standard InChI is InChI=1S/C13H15F3N2O2/c1-7(17)11-6-18(2-3-20-11)13(19)8-4-9(14)12(16)10(15)5-8/h4-5,7,11H,2-3,6,17H2,1H3. The van der Waals surface area contributed by atoms with E-state index in [1.807, 2.05) is 0 Å². The largest absolute Gasteiger partial charge is 0.373 e. The molecule has 1 aliphatic rings. The minimum absolute atomic E-state index is 0.230. The maximum Gasteiger partial charge on any atom is 0.254 e. The second-order valence-corrected chi connectivity index (χ2v) is 4.77. The predicted octanol–water partition coefficient (Wildman–Crippen LogP) is 1.29. The molecule has 0 radical (unpaired) electrons. The number of halogens is 3. The molecule has 2 unspecified atom stereocenters. The van der Waals surface area contributed by atoms with Crippen molar-refractivity contribution in [2.75, 3.05) is 19.7 Å². The number of ether oxygens (including phenoxy) is 1. The highest BCUT2D eigenvalue weighted by atomic mass is 19.2. The first-order chi connectivity index (χ1) is 9.40. The molecule has 4 nitrogen and oxygen atoms in total. The number of nitrogens with two attached hydrogens (primary N) is 1. The third-order valence-electron chi connectivity index (χ3n) is 3.20. The molecule has 7 heteroatoms. The van der Waals surface area contributed by atoms with Crippen molar-refractivity contribution in [3.63, 3.8) is 0 Å². The van der Waals surface area contributed by atoms with Gasteiger partial charge in [-0.25, -0.2) is 13.2 Å². The van der Waals surface area contributed by atoms with E-state index in [2.05, 4.69) is 0 Å². The Balaban J connectivity index is 2.19. The molecule has 1 aromatic rings. The zero-order valence-electron chi connectivity index (χ0n) is 10.9. The topological polar surface area (TPSA) is 55.6 Å². The number of benzene rings is 1. The van der Waals surface area contributed by atoms with Crippen LogP contribution in [0.3, 0.4) is 0 Å². The van der Waals surface area contributed by atoms with Crippen molar-refractivity contribution in [2.24, 2.45) is 5.73 Å². The van der Waals surface area contributed by atoms with Crippen molar-refractivity contribution in [2.45, 2.75) is 19.1 Å². The van der Waals surface area contributed by atoms with Gasteiger partial charge >= 0.3 is 0 Å². The Bertz CT molecular complexity index is 499. The zero-order chi connectivity index (χ0) is 14.9. The van der Waals surface area contributed by atoms with Gasteiger partial charge in [0.05, 0.1) is 12.7 Å². The maximum absolute atomic E-state index is 13.1. The summed E-state index contributed by atoms with van der Waals surface area (Å²) in [6.45, 7) is 2.57. The maximum atomic E-state index is 13.1. The van der Waals surface area contributed by atoms with Crippen LogP contribution in [-0.2, 0) is 4.74 Å². The van der Waals surface area contributed by atoms with E-state index in [0.29, 0.717) is 25.3 Å². The van der Waals surface area contributed by atoms with Gasteiger partial charge < -0.3 is 15.4 Å². The molecule has 2 rings (SSSR count). The fraction of sp³-hybridized carbons (Fsp3) is 0.462. The molecule has 2 atom stereocenters. The lowest BCUT2D eigenvalue weighted by molar-refractivity contribution is -0.0300. The average Bonchev–Trinajstić information content (AvgIpc) is 2.43. The van der Waals surface area contributed by atoms with Crippen LogP contribution in [0.4, 0.5) is 13.2 Å². The second kappa shape index (κ2) is 5.80. The Morgan fingerprint density at radius 2 is 2.00 bits per heavy atom. The number of carbonyl (C=O) groups excluding carboxylic acids is 1. The van der Waals surface area contributed by atoms with Crippen LogP contribution < -0.4 is 5.73 Å². The van der Waals surface area contributed by atoms with E-state index in [-0.39, 0.29) is 24.3 Å².